The van der Waals surface area contributed by atoms with E-state index in [9.17, 15) is 0 Å². The lowest BCUT2D eigenvalue weighted by molar-refractivity contribution is 0.390. The normalized spacial score (nSPS) is 10.0. The maximum atomic E-state index is 5.65. The summed E-state index contributed by atoms with van der Waals surface area (Å²) in [5.74, 6) is 1.69. The number of nitrogens with two attached hydrogens (primary N) is 1. The molecule has 2 N–H and O–H groups in total. The zero-order valence-electron chi connectivity index (χ0n) is 12.5. The average Bonchev–Trinajstić information content (AvgIpc) is 2.50. The van der Waals surface area contributed by atoms with E-state index in [1.54, 1.807) is 26.0 Å². The molecule has 0 spiro atoms. The zero-order chi connectivity index (χ0) is 15.2. The van der Waals surface area contributed by atoms with Crippen molar-refractivity contribution < 1.29 is 9.47 Å². The van der Waals surface area contributed by atoms with Crippen molar-refractivity contribution in [1.29, 1.82) is 0 Å². The fourth-order valence-corrected chi connectivity index (χ4v) is 3.19. The molecule has 0 aliphatic carbocycles. The summed E-state index contributed by atoms with van der Waals surface area (Å²) in [7, 11) is 3.36. The summed E-state index contributed by atoms with van der Waals surface area (Å²) in [5.41, 5.74) is 6.71. The molecular weight excluding hydrogens is 386 g/mol. The molecule has 0 saturated carbocycles. The molecule has 2 rings (SSSR count). The molecule has 0 amide bonds. The molecule has 3 nitrogen and oxygen atoms in total. The van der Waals surface area contributed by atoms with Crippen LogP contribution in [0.3, 0.4) is 0 Å². The van der Waals surface area contributed by atoms with Crippen LogP contribution in [0.5, 0.6) is 11.5 Å². The van der Waals surface area contributed by atoms with Gasteiger partial charge in [-0.2, -0.15) is 0 Å². The van der Waals surface area contributed by atoms with Gasteiger partial charge < -0.3 is 15.2 Å². The number of methoxy groups -OCH3 is 2. The van der Waals surface area contributed by atoms with Crippen LogP contribution in [0.15, 0.2) is 50.7 Å². The Kier molecular flexibility index (Phi) is 8.10. The van der Waals surface area contributed by atoms with Gasteiger partial charge in [-0.1, -0.05) is 27.7 Å². The number of ether oxygens (including phenoxy) is 2. The zero-order valence-corrected chi connectivity index (χ0v) is 15.7. The lowest BCUT2D eigenvalue weighted by Crippen LogP contribution is -2.05. The third kappa shape index (κ3) is 4.81. The minimum Gasteiger partial charge on any atom is -0.496 e. The van der Waals surface area contributed by atoms with E-state index in [1.165, 1.54) is 0 Å². The molecule has 0 unspecified atom stereocenters. The van der Waals surface area contributed by atoms with Crippen LogP contribution in [0.4, 0.5) is 0 Å². The van der Waals surface area contributed by atoms with Gasteiger partial charge in [-0.25, -0.2) is 0 Å². The van der Waals surface area contributed by atoms with E-state index in [0.29, 0.717) is 6.54 Å². The second-order valence-electron chi connectivity index (χ2n) is 4.41. The van der Waals surface area contributed by atoms with Crippen LogP contribution in [0.2, 0.25) is 0 Å². The van der Waals surface area contributed by atoms with Crippen LogP contribution in [0.25, 0.3) is 0 Å². The van der Waals surface area contributed by atoms with Crippen LogP contribution >= 0.6 is 40.1 Å². The van der Waals surface area contributed by atoms with Crippen molar-refractivity contribution in [3.05, 3.63) is 46.4 Å². The van der Waals surface area contributed by atoms with Gasteiger partial charge in [0.1, 0.15) is 11.5 Å². The smallest absolute Gasteiger partial charge is 0.133 e. The third-order valence-corrected chi connectivity index (χ3v) is 4.60. The summed E-state index contributed by atoms with van der Waals surface area (Å²) in [5, 5.41) is 0. The summed E-state index contributed by atoms with van der Waals surface area (Å²) in [6, 6.07) is 12.2. The van der Waals surface area contributed by atoms with Gasteiger partial charge >= 0.3 is 0 Å². The highest BCUT2D eigenvalue weighted by Gasteiger charge is 2.12. The lowest BCUT2D eigenvalue weighted by atomic mass is 10.1. The summed E-state index contributed by atoms with van der Waals surface area (Å²) in [6.45, 7) is 0.582. The van der Waals surface area contributed by atoms with Gasteiger partial charge in [0.15, 0.2) is 0 Å². The highest BCUT2D eigenvalue weighted by Crippen LogP contribution is 2.39. The van der Waals surface area contributed by atoms with Gasteiger partial charge in [-0.05, 0) is 54.9 Å². The van der Waals surface area contributed by atoms with E-state index >= 15 is 0 Å². The standard InChI is InChI=1S/C16H18BrNO2S.ClH/c1-19-14-10-16(15(20-2)9-11(14)7-8-18)21-13-5-3-12(17)4-6-13;/h3-6,9-10H,7-8,18H2,1-2H3;1H. The third-order valence-electron chi connectivity index (χ3n) is 3.02. The predicted octanol–water partition coefficient (Wildman–Crippen LogP) is 4.54. The first-order valence-corrected chi connectivity index (χ1v) is 8.17. The largest absolute Gasteiger partial charge is 0.496 e. The van der Waals surface area contributed by atoms with E-state index in [0.717, 1.165) is 37.7 Å². The van der Waals surface area contributed by atoms with Crippen molar-refractivity contribution in [2.75, 3.05) is 20.8 Å². The minimum absolute atomic E-state index is 0. The monoisotopic (exact) mass is 403 g/mol. The Morgan fingerprint density at radius 2 is 1.68 bits per heavy atom. The molecule has 0 aliphatic rings. The molecule has 120 valence electrons. The molecule has 0 saturated heterocycles. The molecule has 0 radical (unpaired) electrons. The highest BCUT2D eigenvalue weighted by molar-refractivity contribution is 9.10. The van der Waals surface area contributed by atoms with E-state index in [-0.39, 0.29) is 12.4 Å². The fourth-order valence-electron chi connectivity index (χ4n) is 1.99. The molecule has 0 fully saturated rings. The van der Waals surface area contributed by atoms with Crippen molar-refractivity contribution in [3.63, 3.8) is 0 Å². The topological polar surface area (TPSA) is 44.5 Å². The van der Waals surface area contributed by atoms with E-state index in [2.05, 4.69) is 28.1 Å². The van der Waals surface area contributed by atoms with Gasteiger partial charge in [0.25, 0.3) is 0 Å². The molecule has 0 aliphatic heterocycles. The van der Waals surface area contributed by atoms with Crippen molar-refractivity contribution in [3.8, 4) is 11.5 Å². The Hall–Kier alpha value is -0.880. The Morgan fingerprint density at radius 1 is 1.05 bits per heavy atom. The summed E-state index contributed by atoms with van der Waals surface area (Å²) in [6.07, 6.45) is 0.767. The maximum Gasteiger partial charge on any atom is 0.133 e. The quantitative estimate of drug-likeness (QED) is 0.767. The van der Waals surface area contributed by atoms with Crippen molar-refractivity contribution >= 4 is 40.1 Å². The van der Waals surface area contributed by atoms with Crippen molar-refractivity contribution in [1.82, 2.24) is 0 Å². The van der Waals surface area contributed by atoms with E-state index in [4.69, 9.17) is 15.2 Å². The molecule has 0 atom stereocenters. The second kappa shape index (κ2) is 9.30. The van der Waals surface area contributed by atoms with E-state index < -0.39 is 0 Å². The molecule has 2 aromatic rings. The first-order chi connectivity index (χ1) is 10.2. The average molecular weight is 405 g/mol. The number of hydrogen-bond donors (Lipinski definition) is 1. The van der Waals surface area contributed by atoms with Gasteiger partial charge in [0.2, 0.25) is 0 Å². The summed E-state index contributed by atoms with van der Waals surface area (Å²) in [4.78, 5) is 2.17. The Labute approximate surface area is 150 Å². The van der Waals surface area contributed by atoms with Crippen LogP contribution in [-0.4, -0.2) is 20.8 Å². The molecule has 6 heteroatoms. The lowest BCUT2D eigenvalue weighted by Gasteiger charge is -2.14. The number of hydrogen-bond acceptors (Lipinski definition) is 4. The molecule has 0 aromatic heterocycles. The second-order valence-corrected chi connectivity index (χ2v) is 6.44. The SMILES string of the molecule is COc1cc(Sc2ccc(Br)cc2)c(OC)cc1CCN.Cl. The minimum atomic E-state index is 0. The maximum absolute atomic E-state index is 5.65. The highest BCUT2D eigenvalue weighted by atomic mass is 79.9. The molecular formula is C16H19BrClNO2S. The van der Waals surface area contributed by atoms with Crippen LogP contribution in [0, 0.1) is 0 Å². The van der Waals surface area contributed by atoms with Gasteiger partial charge in [-0.15, -0.1) is 12.4 Å². The predicted molar refractivity (Wildman–Crippen MR) is 97.8 cm³/mol. The Morgan fingerprint density at radius 3 is 2.23 bits per heavy atom. The molecule has 0 heterocycles. The number of benzene rings is 2. The van der Waals surface area contributed by atoms with Crippen molar-refractivity contribution in [2.24, 2.45) is 5.73 Å². The Balaban J connectivity index is 0.00000242. The first kappa shape index (κ1) is 19.2. The Bertz CT molecular complexity index is 608. The summed E-state index contributed by atoms with van der Waals surface area (Å²) >= 11 is 5.09. The van der Waals surface area contributed by atoms with Crippen molar-refractivity contribution in [2.45, 2.75) is 16.2 Å². The summed E-state index contributed by atoms with van der Waals surface area (Å²) < 4.78 is 12.0. The van der Waals surface area contributed by atoms with Gasteiger partial charge in [-0.3, -0.25) is 0 Å². The van der Waals surface area contributed by atoms with Gasteiger partial charge in [0, 0.05) is 9.37 Å². The molecule has 0 bridgehead atoms. The van der Waals surface area contributed by atoms with Crippen LogP contribution in [0.1, 0.15) is 5.56 Å². The van der Waals surface area contributed by atoms with Crippen LogP contribution < -0.4 is 15.2 Å². The molecule has 2 aromatic carbocycles. The van der Waals surface area contributed by atoms with Crippen LogP contribution in [-0.2, 0) is 6.42 Å². The van der Waals surface area contributed by atoms with Gasteiger partial charge in [0.05, 0.1) is 19.1 Å². The fraction of sp³-hybridized carbons (Fsp3) is 0.250. The first-order valence-electron chi connectivity index (χ1n) is 6.56. The number of halogens is 2. The molecule has 22 heavy (non-hydrogen) atoms. The number of rotatable bonds is 6. The van der Waals surface area contributed by atoms with E-state index in [1.807, 2.05) is 24.3 Å².